The molecular weight excluding hydrogens is 433 g/mol. The van der Waals surface area contributed by atoms with Crippen LogP contribution in [0.1, 0.15) is 0 Å². The van der Waals surface area contributed by atoms with Gasteiger partial charge in [0.2, 0.25) is 0 Å². The van der Waals surface area contributed by atoms with Gasteiger partial charge in [-0.05, 0) is 0 Å². The Bertz CT molecular complexity index is 938. The SMILES string of the molecule is C[Si](C)(C)C#CB(c1c(F)c(F)c(F)c(F)c1F)c1c(F)c(F)c(F)c(F)c1F. The summed E-state index contributed by atoms with van der Waals surface area (Å²) in [6, 6.07) is 0. The number of rotatable bonds is 2. The highest BCUT2D eigenvalue weighted by atomic mass is 28.3. The highest BCUT2D eigenvalue weighted by Gasteiger charge is 2.39. The molecule has 0 spiro atoms. The Labute approximate surface area is 159 Å². The Hall–Kier alpha value is -2.42. The van der Waals surface area contributed by atoms with Crippen molar-refractivity contribution in [1.82, 2.24) is 0 Å². The predicted octanol–water partition coefficient (Wildman–Crippen LogP) is 4.11. The molecule has 2 aromatic rings. The molecule has 0 bridgehead atoms. The van der Waals surface area contributed by atoms with Gasteiger partial charge in [-0.25, -0.2) is 43.9 Å². The smallest absolute Gasteiger partial charge is 0.204 e. The van der Waals surface area contributed by atoms with Gasteiger partial charge in [-0.15, -0.1) is 11.4 Å². The molecule has 0 saturated carbocycles. The van der Waals surface area contributed by atoms with Crippen molar-refractivity contribution < 1.29 is 43.9 Å². The summed E-state index contributed by atoms with van der Waals surface area (Å²) in [6.45, 7) is 1.99. The van der Waals surface area contributed by atoms with Crippen molar-refractivity contribution in [2.45, 2.75) is 19.6 Å². The number of halogens is 10. The molecule has 0 heterocycles. The fourth-order valence-corrected chi connectivity index (χ4v) is 2.91. The summed E-state index contributed by atoms with van der Waals surface area (Å²) >= 11 is 0. The van der Waals surface area contributed by atoms with Gasteiger partial charge in [0.25, 0.3) is 0 Å². The third-order valence-electron chi connectivity index (χ3n) is 3.66. The van der Waals surface area contributed by atoms with E-state index in [1.54, 1.807) is 19.6 Å². The van der Waals surface area contributed by atoms with E-state index in [1.165, 1.54) is 0 Å². The van der Waals surface area contributed by atoms with Crippen molar-refractivity contribution in [3.63, 3.8) is 0 Å². The molecule has 154 valence electrons. The normalized spacial score (nSPS) is 11.3. The fraction of sp³-hybridized carbons (Fsp3) is 0.176. The molecular formula is C17H9BF10Si. The number of hydrogen-bond acceptors (Lipinski definition) is 0. The van der Waals surface area contributed by atoms with Crippen molar-refractivity contribution in [3.8, 4) is 11.4 Å². The first-order chi connectivity index (χ1) is 13.2. The van der Waals surface area contributed by atoms with Gasteiger partial charge in [0.1, 0.15) is 8.07 Å². The maximum atomic E-state index is 14.2. The topological polar surface area (TPSA) is 0 Å². The van der Waals surface area contributed by atoms with E-state index in [2.05, 4.69) is 5.54 Å². The van der Waals surface area contributed by atoms with Crippen LogP contribution in [0.3, 0.4) is 0 Å². The first kappa shape index (κ1) is 22.9. The molecule has 0 unspecified atom stereocenters. The van der Waals surface area contributed by atoms with Crippen LogP contribution in [0.2, 0.25) is 19.6 Å². The zero-order chi connectivity index (χ0) is 22.4. The van der Waals surface area contributed by atoms with E-state index in [1.807, 2.05) is 5.82 Å². The molecule has 2 rings (SSSR count). The minimum Gasteiger partial charge on any atom is -0.204 e. The Morgan fingerprint density at radius 2 is 0.724 bits per heavy atom. The van der Waals surface area contributed by atoms with Crippen LogP contribution in [-0.2, 0) is 0 Å². The van der Waals surface area contributed by atoms with E-state index in [9.17, 15) is 43.9 Å². The fourth-order valence-electron chi connectivity index (χ4n) is 2.33. The van der Waals surface area contributed by atoms with Crippen LogP contribution in [0.5, 0.6) is 0 Å². The molecule has 0 nitrogen and oxygen atoms in total. The first-order valence-corrected chi connectivity index (χ1v) is 11.3. The average Bonchev–Trinajstić information content (AvgIpc) is 2.64. The van der Waals surface area contributed by atoms with Gasteiger partial charge in [-0.2, -0.15) is 0 Å². The second-order valence-corrected chi connectivity index (χ2v) is 11.7. The maximum absolute atomic E-state index is 14.2. The van der Waals surface area contributed by atoms with Crippen LogP contribution < -0.4 is 10.9 Å². The molecule has 0 atom stereocenters. The van der Waals surface area contributed by atoms with Crippen LogP contribution >= 0.6 is 0 Å². The predicted molar refractivity (Wildman–Crippen MR) is 88.6 cm³/mol. The molecule has 0 saturated heterocycles. The second kappa shape index (κ2) is 7.78. The Balaban J connectivity index is 3.03. The Morgan fingerprint density at radius 3 is 0.966 bits per heavy atom. The molecule has 0 aliphatic rings. The Morgan fingerprint density at radius 1 is 0.483 bits per heavy atom. The van der Waals surface area contributed by atoms with Crippen LogP contribution in [0, 0.1) is 69.5 Å². The van der Waals surface area contributed by atoms with Gasteiger partial charge in [-0.3, -0.25) is 0 Å². The van der Waals surface area contributed by atoms with Gasteiger partial charge in [-0.1, -0.05) is 19.6 Å². The molecule has 12 heteroatoms. The molecule has 0 aliphatic heterocycles. The standard InChI is InChI=1S/C17H9BF10Si/c1-29(2,3)5-4-18(6-8(19)12(23)16(27)13(24)9(6)20)7-10(21)14(25)17(28)15(26)11(7)22/h1-3H3. The highest BCUT2D eigenvalue weighted by Crippen LogP contribution is 2.20. The van der Waals surface area contributed by atoms with E-state index >= 15 is 0 Å². The lowest BCUT2D eigenvalue weighted by Crippen LogP contribution is -2.50. The molecule has 0 fully saturated rings. The lowest BCUT2D eigenvalue weighted by atomic mass is 9.40. The summed E-state index contributed by atoms with van der Waals surface area (Å²) in [5, 5.41) is 0. The highest BCUT2D eigenvalue weighted by molar-refractivity contribution is 6.94. The van der Waals surface area contributed by atoms with Crippen molar-refractivity contribution in [1.29, 1.82) is 0 Å². The van der Waals surface area contributed by atoms with E-state index < -0.39 is 83.9 Å². The number of benzene rings is 2. The van der Waals surface area contributed by atoms with Crippen LogP contribution in [-0.4, -0.2) is 14.8 Å². The molecule has 2 aromatic carbocycles. The molecule has 29 heavy (non-hydrogen) atoms. The van der Waals surface area contributed by atoms with Gasteiger partial charge < -0.3 is 0 Å². The van der Waals surface area contributed by atoms with Crippen molar-refractivity contribution >= 4 is 25.7 Å². The van der Waals surface area contributed by atoms with E-state index in [4.69, 9.17) is 0 Å². The third kappa shape index (κ3) is 4.01. The third-order valence-corrected chi connectivity index (χ3v) is 4.55. The molecule has 0 N–H and O–H groups in total. The van der Waals surface area contributed by atoms with E-state index in [0.29, 0.717) is 0 Å². The minimum atomic E-state index is -2.66. The minimum absolute atomic E-state index is 1.55. The van der Waals surface area contributed by atoms with E-state index in [0.717, 1.165) is 0 Å². The average molecular weight is 442 g/mol. The Kier molecular flexibility index (Phi) is 6.13. The summed E-state index contributed by atoms with van der Waals surface area (Å²) < 4.78 is 138. The second-order valence-electron chi connectivity index (χ2n) is 6.92. The largest absolute Gasteiger partial charge is 0.308 e. The lowest BCUT2D eigenvalue weighted by Gasteiger charge is -2.16. The van der Waals surface area contributed by atoms with Crippen LogP contribution in [0.4, 0.5) is 43.9 Å². The van der Waals surface area contributed by atoms with Gasteiger partial charge >= 0.3 is 6.71 Å². The van der Waals surface area contributed by atoms with Crippen LogP contribution in [0.15, 0.2) is 0 Å². The van der Waals surface area contributed by atoms with Gasteiger partial charge in [0, 0.05) is 10.9 Å². The van der Waals surface area contributed by atoms with Crippen LogP contribution in [0.25, 0.3) is 0 Å². The maximum Gasteiger partial charge on any atom is 0.308 e. The van der Waals surface area contributed by atoms with Crippen molar-refractivity contribution in [3.05, 3.63) is 58.2 Å². The molecule has 0 aromatic heterocycles. The van der Waals surface area contributed by atoms with Crippen molar-refractivity contribution in [2.75, 3.05) is 0 Å². The zero-order valence-corrected chi connectivity index (χ0v) is 15.9. The van der Waals surface area contributed by atoms with E-state index in [-0.39, 0.29) is 0 Å². The zero-order valence-electron chi connectivity index (χ0n) is 14.9. The summed E-state index contributed by atoms with van der Waals surface area (Å²) in [5.41, 5.74) is -1.27. The van der Waals surface area contributed by atoms with Gasteiger partial charge in [0.15, 0.2) is 58.2 Å². The summed E-state index contributed by atoms with van der Waals surface area (Å²) in [6.07, 6.45) is 0. The first-order valence-electron chi connectivity index (χ1n) is 7.76. The van der Waals surface area contributed by atoms with Gasteiger partial charge in [0.05, 0.1) is 0 Å². The quantitative estimate of drug-likeness (QED) is 0.216. The summed E-state index contributed by atoms with van der Waals surface area (Å²) in [7, 11) is -2.51. The molecule has 0 radical (unpaired) electrons. The monoisotopic (exact) mass is 442 g/mol. The van der Waals surface area contributed by atoms with Crippen molar-refractivity contribution in [2.24, 2.45) is 0 Å². The molecule has 0 amide bonds. The summed E-state index contributed by atoms with van der Waals surface area (Å²) in [4.78, 5) is 0. The molecule has 0 aliphatic carbocycles. The number of hydrogen-bond donors (Lipinski definition) is 0. The summed E-state index contributed by atoms with van der Waals surface area (Å²) in [5.74, 6) is -23.0. The lowest BCUT2D eigenvalue weighted by molar-refractivity contribution is 0.382.